The average molecular weight is 361 g/mol. The zero-order valence-electron chi connectivity index (χ0n) is 14.7. The minimum absolute atomic E-state index is 0.398. The molecule has 0 saturated carbocycles. The standard InChI is InChI=1S/C21H25ClO3/c1-2-3-4-5-6-7-16-24-19-12-8-17(9-13-19)21(23)25-20-14-10-18(22)11-15-20/h8-15H,2-7,16H2,1H3. The molecule has 0 spiro atoms. The van der Waals surface area contributed by atoms with Crippen LogP contribution in [0, 0.1) is 0 Å². The molecule has 0 bridgehead atoms. The van der Waals surface area contributed by atoms with Gasteiger partial charge in [-0.15, -0.1) is 0 Å². The van der Waals surface area contributed by atoms with Crippen molar-refractivity contribution in [3.05, 3.63) is 59.1 Å². The molecule has 0 aliphatic heterocycles. The highest BCUT2D eigenvalue weighted by molar-refractivity contribution is 6.30. The van der Waals surface area contributed by atoms with Gasteiger partial charge in [-0.05, 0) is 55.0 Å². The smallest absolute Gasteiger partial charge is 0.343 e. The normalized spacial score (nSPS) is 10.5. The molecule has 0 N–H and O–H groups in total. The maximum atomic E-state index is 12.1. The van der Waals surface area contributed by atoms with Gasteiger partial charge < -0.3 is 9.47 Å². The van der Waals surface area contributed by atoms with E-state index in [0.29, 0.717) is 22.9 Å². The van der Waals surface area contributed by atoms with Gasteiger partial charge in [-0.25, -0.2) is 4.79 Å². The number of hydrogen-bond donors (Lipinski definition) is 0. The number of halogens is 1. The maximum Gasteiger partial charge on any atom is 0.343 e. The van der Waals surface area contributed by atoms with Gasteiger partial charge in [-0.1, -0.05) is 50.6 Å². The van der Waals surface area contributed by atoms with E-state index in [1.165, 1.54) is 32.1 Å². The lowest BCUT2D eigenvalue weighted by atomic mass is 10.1. The molecule has 0 aliphatic rings. The first-order chi connectivity index (χ1) is 12.2. The van der Waals surface area contributed by atoms with Crippen LogP contribution in [0.2, 0.25) is 5.02 Å². The molecule has 0 unspecified atom stereocenters. The Kier molecular flexibility index (Phi) is 8.33. The van der Waals surface area contributed by atoms with Gasteiger partial charge in [0.25, 0.3) is 0 Å². The first-order valence-corrected chi connectivity index (χ1v) is 9.27. The number of hydrogen-bond acceptors (Lipinski definition) is 3. The van der Waals surface area contributed by atoms with Gasteiger partial charge in [0, 0.05) is 5.02 Å². The van der Waals surface area contributed by atoms with Crippen molar-refractivity contribution in [3.63, 3.8) is 0 Å². The van der Waals surface area contributed by atoms with Crippen molar-refractivity contribution in [1.29, 1.82) is 0 Å². The van der Waals surface area contributed by atoms with E-state index < -0.39 is 5.97 Å². The van der Waals surface area contributed by atoms with Crippen LogP contribution in [0.1, 0.15) is 55.8 Å². The Morgan fingerprint density at radius 3 is 2.12 bits per heavy atom. The van der Waals surface area contributed by atoms with E-state index in [0.717, 1.165) is 12.2 Å². The summed E-state index contributed by atoms with van der Waals surface area (Å²) in [5.41, 5.74) is 0.488. The van der Waals surface area contributed by atoms with Crippen LogP contribution in [0.4, 0.5) is 0 Å². The minimum Gasteiger partial charge on any atom is -0.494 e. The highest BCUT2D eigenvalue weighted by Crippen LogP contribution is 2.18. The molecule has 0 heterocycles. The molecule has 0 fully saturated rings. The van der Waals surface area contributed by atoms with Gasteiger partial charge >= 0.3 is 5.97 Å². The monoisotopic (exact) mass is 360 g/mol. The van der Waals surface area contributed by atoms with Crippen LogP contribution in [-0.4, -0.2) is 12.6 Å². The van der Waals surface area contributed by atoms with E-state index in [4.69, 9.17) is 21.1 Å². The second-order valence-electron chi connectivity index (χ2n) is 5.98. The largest absolute Gasteiger partial charge is 0.494 e. The third-order valence-corrected chi connectivity index (χ3v) is 4.13. The Morgan fingerprint density at radius 1 is 0.840 bits per heavy atom. The molecule has 0 aliphatic carbocycles. The van der Waals surface area contributed by atoms with Crippen molar-refractivity contribution in [2.45, 2.75) is 45.4 Å². The first kappa shape index (κ1) is 19.3. The Balaban J connectivity index is 1.73. The van der Waals surface area contributed by atoms with Crippen molar-refractivity contribution >= 4 is 17.6 Å². The van der Waals surface area contributed by atoms with Crippen LogP contribution in [0.25, 0.3) is 0 Å². The lowest BCUT2D eigenvalue weighted by Crippen LogP contribution is -2.08. The van der Waals surface area contributed by atoms with Crippen LogP contribution in [0.15, 0.2) is 48.5 Å². The van der Waals surface area contributed by atoms with Crippen molar-refractivity contribution in [3.8, 4) is 11.5 Å². The number of ether oxygens (including phenoxy) is 2. The van der Waals surface area contributed by atoms with E-state index in [-0.39, 0.29) is 0 Å². The quantitative estimate of drug-likeness (QED) is 0.283. The number of benzene rings is 2. The third kappa shape index (κ3) is 7.18. The molecule has 25 heavy (non-hydrogen) atoms. The van der Waals surface area contributed by atoms with E-state index in [2.05, 4.69) is 6.92 Å². The molecule has 0 atom stereocenters. The number of unbranched alkanes of at least 4 members (excludes halogenated alkanes) is 5. The number of rotatable bonds is 10. The summed E-state index contributed by atoms with van der Waals surface area (Å²) in [7, 11) is 0. The van der Waals surface area contributed by atoms with Gasteiger partial charge in [0.05, 0.1) is 12.2 Å². The number of carbonyl (C=O) groups excluding carboxylic acids is 1. The molecule has 2 aromatic carbocycles. The van der Waals surface area contributed by atoms with Gasteiger partial charge in [0.2, 0.25) is 0 Å². The maximum absolute atomic E-state index is 12.1. The van der Waals surface area contributed by atoms with Crippen LogP contribution < -0.4 is 9.47 Å². The molecular formula is C21H25ClO3. The van der Waals surface area contributed by atoms with Crippen LogP contribution >= 0.6 is 11.6 Å². The van der Waals surface area contributed by atoms with Gasteiger partial charge in [0.1, 0.15) is 11.5 Å². The summed E-state index contributed by atoms with van der Waals surface area (Å²) in [5, 5.41) is 0.603. The van der Waals surface area contributed by atoms with E-state index in [1.54, 1.807) is 48.5 Å². The predicted molar refractivity (Wildman–Crippen MR) is 102 cm³/mol. The van der Waals surface area contributed by atoms with Gasteiger partial charge in [-0.2, -0.15) is 0 Å². The van der Waals surface area contributed by atoms with E-state index >= 15 is 0 Å². The number of carbonyl (C=O) groups is 1. The Hall–Kier alpha value is -2.00. The van der Waals surface area contributed by atoms with Crippen molar-refractivity contribution in [1.82, 2.24) is 0 Å². The molecule has 0 saturated heterocycles. The third-order valence-electron chi connectivity index (χ3n) is 3.88. The molecule has 3 nitrogen and oxygen atoms in total. The second-order valence-corrected chi connectivity index (χ2v) is 6.42. The predicted octanol–water partition coefficient (Wildman–Crippen LogP) is 6.30. The molecule has 4 heteroatoms. The molecule has 0 amide bonds. The molecular weight excluding hydrogens is 336 g/mol. The van der Waals surface area contributed by atoms with E-state index in [1.807, 2.05) is 0 Å². The van der Waals surface area contributed by atoms with Crippen molar-refractivity contribution in [2.24, 2.45) is 0 Å². The van der Waals surface area contributed by atoms with Crippen LogP contribution in [0.5, 0.6) is 11.5 Å². The fourth-order valence-corrected chi connectivity index (χ4v) is 2.55. The summed E-state index contributed by atoms with van der Waals surface area (Å²) in [6, 6.07) is 13.7. The number of esters is 1. The lowest BCUT2D eigenvalue weighted by molar-refractivity contribution is 0.0734. The van der Waals surface area contributed by atoms with Crippen molar-refractivity contribution in [2.75, 3.05) is 6.61 Å². The van der Waals surface area contributed by atoms with E-state index in [9.17, 15) is 4.79 Å². The summed E-state index contributed by atoms with van der Waals surface area (Å²) in [5.74, 6) is 0.846. The molecule has 0 radical (unpaired) electrons. The highest BCUT2D eigenvalue weighted by atomic mass is 35.5. The van der Waals surface area contributed by atoms with Crippen LogP contribution in [0.3, 0.4) is 0 Å². The van der Waals surface area contributed by atoms with Crippen LogP contribution in [-0.2, 0) is 0 Å². The Bertz CT molecular complexity index is 635. The van der Waals surface area contributed by atoms with Crippen molar-refractivity contribution < 1.29 is 14.3 Å². The summed E-state index contributed by atoms with van der Waals surface area (Å²) in [4.78, 5) is 12.1. The zero-order chi connectivity index (χ0) is 17.9. The minimum atomic E-state index is -0.398. The van der Waals surface area contributed by atoms with Gasteiger partial charge in [0.15, 0.2) is 0 Å². The molecule has 0 aromatic heterocycles. The summed E-state index contributed by atoms with van der Waals surface area (Å²) in [6.07, 6.45) is 7.42. The highest BCUT2D eigenvalue weighted by Gasteiger charge is 2.08. The molecule has 134 valence electrons. The molecule has 2 aromatic rings. The average Bonchev–Trinajstić information content (AvgIpc) is 2.63. The first-order valence-electron chi connectivity index (χ1n) is 8.89. The lowest BCUT2D eigenvalue weighted by Gasteiger charge is -2.08. The fraction of sp³-hybridized carbons (Fsp3) is 0.381. The Morgan fingerprint density at radius 2 is 1.44 bits per heavy atom. The zero-order valence-corrected chi connectivity index (χ0v) is 15.4. The van der Waals surface area contributed by atoms with Gasteiger partial charge in [-0.3, -0.25) is 0 Å². The topological polar surface area (TPSA) is 35.5 Å². The summed E-state index contributed by atoms with van der Waals surface area (Å²) < 4.78 is 11.0. The second kappa shape index (κ2) is 10.8. The SMILES string of the molecule is CCCCCCCCOc1ccc(C(=O)Oc2ccc(Cl)cc2)cc1. The summed E-state index contributed by atoms with van der Waals surface area (Å²) >= 11 is 5.81. The summed E-state index contributed by atoms with van der Waals surface area (Å²) in [6.45, 7) is 2.93. The fourth-order valence-electron chi connectivity index (χ4n) is 2.43. The Labute approximate surface area is 154 Å². The molecule has 2 rings (SSSR count).